The quantitative estimate of drug-likeness (QED) is 0.605. The van der Waals surface area contributed by atoms with E-state index in [1.54, 1.807) is 11.3 Å². The van der Waals surface area contributed by atoms with E-state index in [0.29, 0.717) is 5.56 Å². The fraction of sp³-hybridized carbons (Fsp3) is 0.375. The second-order valence-electron chi connectivity index (χ2n) is 8.91. The van der Waals surface area contributed by atoms with Gasteiger partial charge in [0, 0.05) is 21.9 Å². The van der Waals surface area contributed by atoms with Gasteiger partial charge in [-0.2, -0.15) is 0 Å². The van der Waals surface area contributed by atoms with Gasteiger partial charge in [0.1, 0.15) is 0 Å². The molecule has 3 aromatic rings. The molecule has 2 aromatic carbocycles. The van der Waals surface area contributed by atoms with Crippen molar-refractivity contribution in [3.05, 3.63) is 58.0 Å². The van der Waals surface area contributed by atoms with Gasteiger partial charge in [-0.3, -0.25) is 0 Å². The van der Waals surface area contributed by atoms with Gasteiger partial charge < -0.3 is 10.0 Å². The number of carbonyl (C=O) groups is 1. The van der Waals surface area contributed by atoms with Crippen LogP contribution in [0.15, 0.2) is 36.4 Å². The molecule has 1 aliphatic rings. The first kappa shape index (κ1) is 19.2. The second-order valence-corrected chi connectivity index (χ2v) is 10.0. The van der Waals surface area contributed by atoms with E-state index < -0.39 is 5.97 Å². The Bertz CT molecular complexity index is 1060. The van der Waals surface area contributed by atoms with E-state index in [2.05, 4.69) is 69.2 Å². The lowest BCUT2D eigenvalue weighted by molar-refractivity contribution is 0.0696. The van der Waals surface area contributed by atoms with Crippen LogP contribution in [-0.2, 0) is 19.4 Å². The Morgan fingerprint density at radius 2 is 1.86 bits per heavy atom. The highest BCUT2D eigenvalue weighted by Gasteiger charge is 2.33. The summed E-state index contributed by atoms with van der Waals surface area (Å²) in [5.41, 5.74) is 4.06. The minimum Gasteiger partial charge on any atom is -0.478 e. The van der Waals surface area contributed by atoms with Crippen LogP contribution in [0.2, 0.25) is 0 Å². The first-order valence-electron chi connectivity index (χ1n) is 9.80. The average molecular weight is 394 g/mol. The molecule has 1 heterocycles. The number of fused-ring (bicyclic) bond motifs is 2. The van der Waals surface area contributed by atoms with Gasteiger partial charge in [0.15, 0.2) is 0 Å². The number of carboxylic acids is 1. The van der Waals surface area contributed by atoms with Crippen molar-refractivity contribution in [2.75, 3.05) is 14.1 Å². The number of hydrogen-bond acceptors (Lipinski definition) is 3. The first-order chi connectivity index (χ1) is 13.3. The van der Waals surface area contributed by atoms with Crippen LogP contribution >= 0.6 is 11.3 Å². The number of carboxylic acid groups (broad SMARTS) is 1. The van der Waals surface area contributed by atoms with Gasteiger partial charge >= 0.3 is 5.97 Å². The van der Waals surface area contributed by atoms with Crippen molar-refractivity contribution in [2.24, 2.45) is 5.41 Å². The number of rotatable bonds is 4. The average Bonchev–Trinajstić information content (AvgIpc) is 2.98. The van der Waals surface area contributed by atoms with Crippen molar-refractivity contribution in [3.63, 3.8) is 0 Å². The van der Waals surface area contributed by atoms with Crippen LogP contribution in [0, 0.1) is 5.41 Å². The third kappa shape index (κ3) is 3.36. The van der Waals surface area contributed by atoms with Crippen molar-refractivity contribution < 1.29 is 9.90 Å². The summed E-state index contributed by atoms with van der Waals surface area (Å²) >= 11 is 1.69. The van der Waals surface area contributed by atoms with Crippen LogP contribution in [0.3, 0.4) is 0 Å². The monoisotopic (exact) mass is 393 g/mol. The maximum Gasteiger partial charge on any atom is 0.337 e. The summed E-state index contributed by atoms with van der Waals surface area (Å²) < 4.78 is 0. The summed E-state index contributed by atoms with van der Waals surface area (Å²) in [4.78, 5) is 16.6. The molecule has 4 rings (SSSR count). The van der Waals surface area contributed by atoms with Crippen molar-refractivity contribution >= 4 is 28.1 Å². The molecule has 0 aliphatic heterocycles. The summed E-state index contributed by atoms with van der Waals surface area (Å²) in [6.45, 7) is 5.34. The zero-order valence-electron chi connectivity index (χ0n) is 17.0. The maximum atomic E-state index is 12.3. The minimum absolute atomic E-state index is 0.160. The van der Waals surface area contributed by atoms with Crippen LogP contribution < -0.4 is 0 Å². The van der Waals surface area contributed by atoms with Crippen molar-refractivity contribution in [2.45, 2.75) is 39.7 Å². The van der Waals surface area contributed by atoms with Gasteiger partial charge in [-0.15, -0.1) is 11.3 Å². The standard InChI is InChI=1S/C24H27NO2S/c1-24(2)12-11-20-19(13-24)21(23(26)27)22(28-20)18-10-6-8-16-15(14-25(3)4)7-5-9-17(16)18/h5-10H,11-14H2,1-4H3,(H,26,27). The van der Waals surface area contributed by atoms with E-state index in [1.165, 1.54) is 15.8 Å². The summed E-state index contributed by atoms with van der Waals surface area (Å²) in [6, 6.07) is 12.7. The lowest BCUT2D eigenvalue weighted by Crippen LogP contribution is -2.22. The lowest BCUT2D eigenvalue weighted by atomic mass is 9.76. The van der Waals surface area contributed by atoms with Crippen molar-refractivity contribution in [1.82, 2.24) is 4.90 Å². The predicted octanol–water partition coefficient (Wildman–Crippen LogP) is 5.84. The largest absolute Gasteiger partial charge is 0.478 e. The molecule has 0 amide bonds. The molecule has 0 bridgehead atoms. The Hall–Kier alpha value is -2.17. The molecule has 0 fully saturated rings. The summed E-state index contributed by atoms with van der Waals surface area (Å²) in [5.74, 6) is -0.799. The summed E-state index contributed by atoms with van der Waals surface area (Å²) in [7, 11) is 4.14. The molecule has 146 valence electrons. The molecule has 0 saturated carbocycles. The molecule has 0 atom stereocenters. The summed E-state index contributed by atoms with van der Waals surface area (Å²) in [5, 5.41) is 12.4. The highest BCUT2D eigenvalue weighted by Crippen LogP contribution is 2.46. The van der Waals surface area contributed by atoms with Gasteiger partial charge in [0.05, 0.1) is 5.56 Å². The van der Waals surface area contributed by atoms with Gasteiger partial charge in [-0.05, 0) is 60.7 Å². The Morgan fingerprint density at radius 1 is 1.14 bits per heavy atom. The zero-order chi connectivity index (χ0) is 20.1. The van der Waals surface area contributed by atoms with Gasteiger partial charge in [0.25, 0.3) is 0 Å². The second kappa shape index (κ2) is 7.02. The fourth-order valence-electron chi connectivity index (χ4n) is 4.39. The van der Waals surface area contributed by atoms with Crippen molar-refractivity contribution in [3.8, 4) is 10.4 Å². The topological polar surface area (TPSA) is 40.5 Å². The molecule has 1 aromatic heterocycles. The molecule has 1 aliphatic carbocycles. The SMILES string of the molecule is CN(C)Cc1cccc2c(-c3sc4c(c3C(=O)O)CC(C)(C)CC4)cccc12. The highest BCUT2D eigenvalue weighted by molar-refractivity contribution is 7.16. The van der Waals surface area contributed by atoms with E-state index in [4.69, 9.17) is 0 Å². The molecule has 0 radical (unpaired) electrons. The molecule has 4 heteroatoms. The summed E-state index contributed by atoms with van der Waals surface area (Å²) in [6.07, 6.45) is 2.93. The Labute approximate surface area is 170 Å². The normalized spacial score (nSPS) is 15.8. The van der Waals surface area contributed by atoms with Crippen LogP contribution in [0.25, 0.3) is 21.2 Å². The zero-order valence-corrected chi connectivity index (χ0v) is 17.8. The number of thiophene rings is 1. The third-order valence-electron chi connectivity index (χ3n) is 5.73. The minimum atomic E-state index is -0.799. The fourth-order valence-corrected chi connectivity index (χ4v) is 5.74. The molecule has 1 N–H and O–H groups in total. The number of nitrogens with zero attached hydrogens (tertiary/aromatic N) is 1. The number of aryl methyl sites for hydroxylation is 1. The Morgan fingerprint density at radius 3 is 2.57 bits per heavy atom. The Kier molecular flexibility index (Phi) is 4.80. The van der Waals surface area contributed by atoms with Crippen LogP contribution in [-0.4, -0.2) is 30.1 Å². The molecule has 0 saturated heterocycles. The van der Waals surface area contributed by atoms with Crippen molar-refractivity contribution in [1.29, 1.82) is 0 Å². The van der Waals surface area contributed by atoms with E-state index >= 15 is 0 Å². The number of hydrogen-bond donors (Lipinski definition) is 1. The molecule has 0 unspecified atom stereocenters. The molecule has 3 nitrogen and oxygen atoms in total. The predicted molar refractivity (Wildman–Crippen MR) is 117 cm³/mol. The molecule has 0 spiro atoms. The van der Waals surface area contributed by atoms with E-state index in [1.807, 2.05) is 0 Å². The highest BCUT2D eigenvalue weighted by atomic mass is 32.1. The molecular weight excluding hydrogens is 366 g/mol. The molecule has 28 heavy (non-hydrogen) atoms. The van der Waals surface area contributed by atoms with E-state index in [9.17, 15) is 9.90 Å². The van der Waals surface area contributed by atoms with Gasteiger partial charge in [-0.1, -0.05) is 50.2 Å². The van der Waals surface area contributed by atoms with Crippen LogP contribution in [0.4, 0.5) is 0 Å². The van der Waals surface area contributed by atoms with Gasteiger partial charge in [0.2, 0.25) is 0 Å². The van der Waals surface area contributed by atoms with Crippen LogP contribution in [0.1, 0.15) is 46.6 Å². The smallest absolute Gasteiger partial charge is 0.337 e. The number of benzene rings is 2. The van der Waals surface area contributed by atoms with Gasteiger partial charge in [-0.25, -0.2) is 4.79 Å². The van der Waals surface area contributed by atoms with Crippen LogP contribution in [0.5, 0.6) is 0 Å². The third-order valence-corrected chi connectivity index (χ3v) is 7.06. The lowest BCUT2D eigenvalue weighted by Gasteiger charge is -2.29. The van der Waals surface area contributed by atoms with E-state index in [-0.39, 0.29) is 5.41 Å². The number of aromatic carboxylic acids is 1. The Balaban J connectivity index is 1.94. The first-order valence-corrected chi connectivity index (χ1v) is 10.6. The maximum absolute atomic E-state index is 12.3. The molecular formula is C24H27NO2S. The van der Waals surface area contributed by atoms with E-state index in [0.717, 1.165) is 47.2 Å².